The molecule has 0 unspecified atom stereocenters. The van der Waals surface area contributed by atoms with Crippen molar-refractivity contribution in [1.29, 1.82) is 0 Å². The molecule has 0 saturated heterocycles. The second-order valence-corrected chi connectivity index (χ2v) is 13.0. The molecule has 0 fully saturated rings. The van der Waals surface area contributed by atoms with Crippen LogP contribution in [0, 0.1) is 0 Å². The Kier molecular flexibility index (Phi) is 8.39. The summed E-state index contributed by atoms with van der Waals surface area (Å²) in [5, 5.41) is -7.19. The van der Waals surface area contributed by atoms with E-state index in [0.29, 0.717) is 0 Å². The summed E-state index contributed by atoms with van der Waals surface area (Å²) < 4.78 is 190. The molecule has 0 aromatic rings. The van der Waals surface area contributed by atoms with Crippen LogP contribution in [-0.2, 0) is 10.0 Å². The van der Waals surface area contributed by atoms with Crippen LogP contribution in [-0.4, -0.2) is 81.3 Å². The van der Waals surface area contributed by atoms with Gasteiger partial charge in [-0.05, 0) is 0 Å². The molecule has 19 heteroatoms. The number of sulfonamides is 1. The summed E-state index contributed by atoms with van der Waals surface area (Å²) in [6.45, 7) is 2.55. The van der Waals surface area contributed by atoms with E-state index in [1.165, 1.54) is 0 Å². The van der Waals surface area contributed by atoms with Crippen molar-refractivity contribution in [3.8, 4) is 0 Å². The summed E-state index contributed by atoms with van der Waals surface area (Å²) >= 11 is 0. The van der Waals surface area contributed by atoms with E-state index in [-0.39, 0.29) is 29.6 Å². The molecule has 0 spiro atoms. The molecule has 0 bridgehead atoms. The van der Waals surface area contributed by atoms with Crippen LogP contribution in [0.5, 0.6) is 0 Å². The first-order chi connectivity index (χ1) is 11.2. The zero-order valence-corrected chi connectivity index (χ0v) is 15.0. The van der Waals surface area contributed by atoms with Crippen LogP contribution in [0.1, 0.15) is 0 Å². The molecule has 1 N–H and O–H groups in total. The van der Waals surface area contributed by atoms with Gasteiger partial charge in [0.15, 0.2) is 0 Å². The first kappa shape index (κ1) is 30.4. The Bertz CT molecular complexity index is 670. The van der Waals surface area contributed by atoms with Crippen LogP contribution in [0.2, 0.25) is 19.6 Å². The van der Waals surface area contributed by atoms with Gasteiger partial charge in [0.25, 0.3) is 10.0 Å². The molecule has 0 rings (SSSR count). The van der Waals surface area contributed by atoms with Gasteiger partial charge in [-0.3, -0.25) is 0 Å². The van der Waals surface area contributed by atoms with Gasteiger partial charge < -0.3 is 0 Å². The fourth-order valence-electron chi connectivity index (χ4n) is 1.39. The zero-order valence-electron chi connectivity index (χ0n) is 13.1. The Morgan fingerprint density at radius 3 is 1.14 bits per heavy atom. The second kappa shape index (κ2) is 7.72. The Labute approximate surface area is 172 Å². The van der Waals surface area contributed by atoms with Crippen LogP contribution >= 0.6 is 0 Å². The van der Waals surface area contributed by atoms with E-state index >= 15 is 0 Å². The van der Waals surface area contributed by atoms with E-state index in [2.05, 4.69) is 0 Å². The molecule has 0 aromatic heterocycles. The van der Waals surface area contributed by atoms with Crippen LogP contribution < -0.4 is 4.39 Å². The summed E-state index contributed by atoms with van der Waals surface area (Å²) in [5.41, 5.74) is 0. The van der Waals surface area contributed by atoms with Gasteiger partial charge >= 0.3 is 64.7 Å². The van der Waals surface area contributed by atoms with Gasteiger partial charge in [-0.25, -0.2) is 12.8 Å². The van der Waals surface area contributed by atoms with Gasteiger partial charge in [0.1, 0.15) is 8.24 Å². The molecule has 0 aliphatic rings. The first-order valence-corrected chi connectivity index (χ1v) is 11.2. The van der Waals surface area contributed by atoms with Crippen molar-refractivity contribution in [1.82, 2.24) is 4.39 Å². The molecule has 0 radical (unpaired) electrons. The Balaban J connectivity index is 0. The van der Waals surface area contributed by atoms with E-state index in [1.807, 2.05) is 0 Å². The molecule has 0 atom stereocenters. The van der Waals surface area contributed by atoms with Crippen molar-refractivity contribution in [3.05, 3.63) is 0 Å². The zero-order chi connectivity index (χ0) is 22.7. The maximum atomic E-state index is 13.5. The Hall–Kier alpha value is 0.217. The van der Waals surface area contributed by atoms with Crippen LogP contribution in [0.15, 0.2) is 0 Å². The number of hydrogen-bond acceptors (Lipinski definition) is 2. The molecule has 28 heavy (non-hydrogen) atoms. The molecule has 3 nitrogen and oxygen atoms in total. The van der Waals surface area contributed by atoms with E-state index in [9.17, 15) is 65.5 Å². The van der Waals surface area contributed by atoms with Crippen LogP contribution in [0.3, 0.4) is 0 Å². The molecular formula is C9H11F13NNaO2SSi. The molecule has 166 valence electrons. The summed E-state index contributed by atoms with van der Waals surface area (Å²) in [5.74, 6) is -32.1. The molecule has 0 heterocycles. The Morgan fingerprint density at radius 2 is 0.893 bits per heavy atom. The summed E-state index contributed by atoms with van der Waals surface area (Å²) in [6, 6.07) is 0. The minimum atomic E-state index is -8.14. The van der Waals surface area contributed by atoms with Gasteiger partial charge in [-0.1, -0.05) is 19.6 Å². The molecular weight excluding hydrogens is 484 g/mol. The topological polar surface area (TPSA) is 46.2 Å². The maximum absolute atomic E-state index is 13.5. The van der Waals surface area contributed by atoms with E-state index in [4.69, 9.17) is 0 Å². The van der Waals surface area contributed by atoms with Crippen molar-refractivity contribution in [3.63, 3.8) is 0 Å². The normalized spacial score (nSPS) is 16.0. The van der Waals surface area contributed by atoms with Crippen molar-refractivity contribution >= 4 is 47.8 Å². The number of rotatable bonds is 7. The predicted octanol–water partition coefficient (Wildman–Crippen LogP) is 3.79. The van der Waals surface area contributed by atoms with E-state index in [0.717, 1.165) is 24.0 Å². The average Bonchev–Trinajstić information content (AvgIpc) is 2.33. The molecule has 0 aromatic carbocycles. The standard InChI is InChI=1S/C9H10F13NO2SSi.Na.H/c1-27(2,3)23-26(24,25)9(21,22)7(16,17)5(12,13)4(10,11)6(14,15)8(18,19)20;;/h23H,1-3H3;;. The third-order valence-electron chi connectivity index (χ3n) is 2.68. The van der Waals surface area contributed by atoms with E-state index in [1.54, 1.807) is 0 Å². The minimum absolute atomic E-state index is 0. The van der Waals surface area contributed by atoms with E-state index < -0.39 is 53.4 Å². The molecule has 0 amide bonds. The van der Waals surface area contributed by atoms with Gasteiger partial charge in [-0.2, -0.15) is 57.1 Å². The quantitative estimate of drug-likeness (QED) is 0.432. The third-order valence-corrected chi connectivity index (χ3v) is 7.14. The predicted molar refractivity (Wildman–Crippen MR) is 73.3 cm³/mol. The Morgan fingerprint density at radius 1 is 0.607 bits per heavy atom. The number of hydrogen-bond donors (Lipinski definition) is 1. The van der Waals surface area contributed by atoms with Crippen LogP contribution in [0.25, 0.3) is 0 Å². The third kappa shape index (κ3) is 4.60. The van der Waals surface area contributed by atoms with Crippen molar-refractivity contribution in [2.24, 2.45) is 0 Å². The van der Waals surface area contributed by atoms with Gasteiger partial charge in [0, 0.05) is 0 Å². The average molecular weight is 495 g/mol. The number of alkyl halides is 13. The van der Waals surface area contributed by atoms with Gasteiger partial charge in [0.05, 0.1) is 0 Å². The molecule has 0 saturated carbocycles. The fourth-order valence-corrected chi connectivity index (χ4v) is 5.59. The number of halogens is 13. The van der Waals surface area contributed by atoms with Gasteiger partial charge in [-0.15, -0.1) is 0 Å². The van der Waals surface area contributed by atoms with Crippen LogP contribution in [0.4, 0.5) is 57.1 Å². The SMILES string of the molecule is C[Si](C)(C)NS(=O)(=O)C(F)(F)C(F)(F)C(F)(F)C(F)(F)C(F)(F)C(F)(F)F.[NaH]. The van der Waals surface area contributed by atoms with Crippen molar-refractivity contribution < 1.29 is 65.5 Å². The monoisotopic (exact) mass is 495 g/mol. The first-order valence-electron chi connectivity index (χ1n) is 6.20. The summed E-state index contributed by atoms with van der Waals surface area (Å²) in [6.07, 6.45) is -7.55. The molecule has 0 aliphatic heterocycles. The second-order valence-electron chi connectivity index (χ2n) is 6.17. The van der Waals surface area contributed by atoms with Gasteiger partial charge in [0.2, 0.25) is 0 Å². The summed E-state index contributed by atoms with van der Waals surface area (Å²) in [4.78, 5) is 0. The molecule has 0 aliphatic carbocycles. The number of nitrogens with one attached hydrogen (secondary N) is 1. The summed E-state index contributed by atoms with van der Waals surface area (Å²) in [7, 11) is -10.5. The van der Waals surface area contributed by atoms with Crippen molar-refractivity contribution in [2.45, 2.75) is 54.8 Å². The van der Waals surface area contributed by atoms with Crippen molar-refractivity contribution in [2.75, 3.05) is 0 Å². The fraction of sp³-hybridized carbons (Fsp3) is 1.00.